The average Bonchev–Trinajstić information content (AvgIpc) is 4.15. The van der Waals surface area contributed by atoms with Crippen molar-refractivity contribution in [2.75, 3.05) is 13.2 Å². The van der Waals surface area contributed by atoms with E-state index in [9.17, 15) is 14.7 Å². The van der Waals surface area contributed by atoms with Gasteiger partial charge in [0, 0.05) is 15.6 Å². The van der Waals surface area contributed by atoms with E-state index in [-0.39, 0.29) is 31.6 Å². The van der Waals surface area contributed by atoms with Crippen molar-refractivity contribution in [3.8, 4) is 22.9 Å². The van der Waals surface area contributed by atoms with E-state index in [1.54, 1.807) is 0 Å². The summed E-state index contributed by atoms with van der Waals surface area (Å²) in [5.41, 5.74) is 3.87. The lowest BCUT2D eigenvalue weighted by molar-refractivity contribution is -0.186. The highest BCUT2D eigenvalue weighted by Crippen LogP contribution is 2.39. The molecule has 4 aliphatic rings. The molecule has 4 unspecified atom stereocenters. The lowest BCUT2D eigenvalue weighted by atomic mass is 9.87. The predicted octanol–water partition coefficient (Wildman–Crippen LogP) is 14.4. The molecule has 0 amide bonds. The van der Waals surface area contributed by atoms with Crippen LogP contribution in [0.3, 0.4) is 0 Å². The number of ether oxygens (including phenoxy) is 5. The highest BCUT2D eigenvalue weighted by molar-refractivity contribution is 14.1. The summed E-state index contributed by atoms with van der Waals surface area (Å²) in [5, 5.41) is 9.75. The van der Waals surface area contributed by atoms with E-state index in [0.717, 1.165) is 147 Å². The summed E-state index contributed by atoms with van der Waals surface area (Å²) in [4.78, 5) is 34.6. The number of aryl methyl sites for hydroxylation is 4. The Hall–Kier alpha value is -3.63. The maximum absolute atomic E-state index is 12.9. The maximum atomic E-state index is 12.9. The summed E-state index contributed by atoms with van der Waals surface area (Å²) >= 11 is 2.29. The first kappa shape index (κ1) is 59.2. The minimum absolute atomic E-state index is 0. The molecule has 0 radical (unpaired) electrons. The van der Waals surface area contributed by atoms with Gasteiger partial charge in [-0.1, -0.05) is 78.3 Å². The van der Waals surface area contributed by atoms with Crippen LogP contribution in [0.25, 0.3) is 22.9 Å². The first-order valence-electron chi connectivity index (χ1n) is 26.3. The highest BCUT2D eigenvalue weighted by atomic mass is 127. The van der Waals surface area contributed by atoms with Gasteiger partial charge in [0.05, 0.1) is 37.7 Å². The molecule has 4 atom stereocenters. The number of rotatable bonds is 14. The molecule has 12 nitrogen and oxygen atoms in total. The topological polar surface area (TPSA) is 153 Å². The zero-order valence-electron chi connectivity index (χ0n) is 44.5. The molecular formula is C59H87IN2O10. The summed E-state index contributed by atoms with van der Waals surface area (Å²) in [6.07, 6.45) is 15.1. The van der Waals surface area contributed by atoms with Gasteiger partial charge in [-0.15, -0.1) is 0 Å². The summed E-state index contributed by atoms with van der Waals surface area (Å²) in [7, 11) is 0. The van der Waals surface area contributed by atoms with Crippen LogP contribution in [0.5, 0.6) is 0 Å². The molecule has 0 bridgehead atoms. The highest BCUT2D eigenvalue weighted by Gasteiger charge is 2.47. The van der Waals surface area contributed by atoms with Crippen molar-refractivity contribution in [2.24, 2.45) is 11.8 Å². The Bertz CT molecular complexity index is 2280. The molecule has 8 rings (SSSR count). The summed E-state index contributed by atoms with van der Waals surface area (Å²) < 4.78 is 42.5. The first-order valence-corrected chi connectivity index (χ1v) is 27.8. The Kier molecular flexibility index (Phi) is 22.0. The predicted molar refractivity (Wildman–Crippen MR) is 292 cm³/mol. The van der Waals surface area contributed by atoms with E-state index >= 15 is 0 Å². The number of hydrogen-bond donors (Lipinski definition) is 1. The average molecular weight is 1110 g/mol. The molecule has 2 aromatic heterocycles. The number of esters is 2. The van der Waals surface area contributed by atoms with Gasteiger partial charge in [0.25, 0.3) is 0 Å². The number of aliphatic hydroxyl groups is 1. The SMILES string of the molecule is C.CC(C)(C)OC(=O)C1(OCC2CCCC(O)C2)CCCC1.Cc1ccc(-c2nc(CI)c(C)o2)cc1.Cc1ccc(-c2nc(COC3CCCC(COC4(C(=O)OC(C)(C)C)CCCC4)C3)c(C)o2)cc1. The van der Waals surface area contributed by atoms with Crippen molar-refractivity contribution in [1.82, 2.24) is 9.97 Å². The van der Waals surface area contributed by atoms with Crippen molar-refractivity contribution in [3.05, 3.63) is 82.6 Å². The van der Waals surface area contributed by atoms with Gasteiger partial charge in [0.1, 0.15) is 28.4 Å². The number of hydrogen-bond acceptors (Lipinski definition) is 12. The second-order valence-corrected chi connectivity index (χ2v) is 23.4. The standard InChI is InChI=1S/C29H41NO5.C17H30O4.C12H12INO.CH4/c1-20-11-13-23(14-12-20)26-30-25(21(2)34-26)19-32-24-10-8-9-22(17-24)18-33-29(15-6-7-16-29)27(31)35-28(3,4)5;1-16(2,3)21-15(19)17(9-4-5-10-17)20-12-13-7-6-8-14(18)11-13;1-8-3-5-10(6-4-8)12-14-11(7-13)9(2)15-12;/h11-14,22,24H,6-10,15-19H2,1-5H3;13-14,18H,4-12H2,1-3H3;3-6H,7H2,1-2H3;1H4. The molecular weight excluding hydrogens is 1020 g/mol. The molecule has 4 saturated carbocycles. The molecule has 72 heavy (non-hydrogen) atoms. The Morgan fingerprint density at radius 3 is 1.46 bits per heavy atom. The molecule has 13 heteroatoms. The van der Waals surface area contributed by atoms with Crippen LogP contribution in [-0.2, 0) is 44.3 Å². The molecule has 1 N–H and O–H groups in total. The van der Waals surface area contributed by atoms with Crippen LogP contribution in [0, 0.1) is 39.5 Å². The number of aromatic nitrogens is 2. The van der Waals surface area contributed by atoms with Crippen molar-refractivity contribution in [2.45, 2.75) is 225 Å². The number of nitrogens with zero attached hydrogens (tertiary/aromatic N) is 2. The van der Waals surface area contributed by atoms with Gasteiger partial charge < -0.3 is 37.6 Å². The Labute approximate surface area is 445 Å². The van der Waals surface area contributed by atoms with Crippen molar-refractivity contribution < 1.29 is 47.2 Å². The third-order valence-corrected chi connectivity index (χ3v) is 14.7. The van der Waals surface area contributed by atoms with Crippen LogP contribution in [-0.4, -0.2) is 74.8 Å². The molecule has 0 saturated heterocycles. The minimum atomic E-state index is -0.773. The Morgan fingerprint density at radius 2 is 1.04 bits per heavy atom. The lowest BCUT2D eigenvalue weighted by Crippen LogP contribution is -2.45. The number of oxazole rings is 2. The minimum Gasteiger partial charge on any atom is -0.458 e. The van der Waals surface area contributed by atoms with Gasteiger partial charge in [0.15, 0.2) is 11.2 Å². The van der Waals surface area contributed by atoms with Crippen molar-refractivity contribution in [1.29, 1.82) is 0 Å². The van der Waals surface area contributed by atoms with Gasteiger partial charge >= 0.3 is 11.9 Å². The molecule has 4 aromatic rings. The second kappa shape index (κ2) is 26.7. The molecule has 0 spiro atoms. The van der Waals surface area contributed by atoms with Crippen LogP contribution < -0.4 is 0 Å². The maximum Gasteiger partial charge on any atom is 0.338 e. The van der Waals surface area contributed by atoms with Gasteiger partial charge in [-0.25, -0.2) is 19.6 Å². The van der Waals surface area contributed by atoms with E-state index in [4.69, 9.17) is 37.5 Å². The zero-order valence-corrected chi connectivity index (χ0v) is 46.6. The van der Waals surface area contributed by atoms with Crippen LogP contribution in [0.1, 0.15) is 186 Å². The summed E-state index contributed by atoms with van der Waals surface area (Å²) in [6.45, 7) is 21.1. The zero-order chi connectivity index (χ0) is 51.4. The number of aliphatic hydroxyl groups excluding tert-OH is 1. The lowest BCUT2D eigenvalue weighted by Gasteiger charge is -2.34. The van der Waals surface area contributed by atoms with Crippen LogP contribution in [0.2, 0.25) is 0 Å². The van der Waals surface area contributed by atoms with Gasteiger partial charge in [-0.2, -0.15) is 0 Å². The number of benzene rings is 2. The van der Waals surface area contributed by atoms with E-state index in [2.05, 4.69) is 65.7 Å². The second-order valence-electron chi connectivity index (χ2n) is 22.6. The monoisotopic (exact) mass is 1110 g/mol. The van der Waals surface area contributed by atoms with Gasteiger partial charge in [-0.05, 0) is 195 Å². The summed E-state index contributed by atoms with van der Waals surface area (Å²) in [6, 6.07) is 16.4. The first-order chi connectivity index (χ1) is 33.6. The molecule has 0 aliphatic heterocycles. The molecule has 4 aliphatic carbocycles. The number of halogens is 1. The van der Waals surface area contributed by atoms with E-state index in [1.807, 2.05) is 79.7 Å². The largest absolute Gasteiger partial charge is 0.458 e. The number of carbonyl (C=O) groups is 2. The normalized spacial score (nSPS) is 21.6. The van der Waals surface area contributed by atoms with E-state index < -0.39 is 22.4 Å². The molecule has 400 valence electrons. The third kappa shape index (κ3) is 17.5. The van der Waals surface area contributed by atoms with Crippen LogP contribution >= 0.6 is 22.6 Å². The smallest absolute Gasteiger partial charge is 0.338 e. The van der Waals surface area contributed by atoms with E-state index in [0.29, 0.717) is 37.5 Å². The third-order valence-electron chi connectivity index (χ3n) is 14.0. The number of carbonyl (C=O) groups excluding carboxylic acids is 2. The Morgan fingerprint density at radius 1 is 0.625 bits per heavy atom. The quantitative estimate of drug-likeness (QED) is 0.0726. The molecule has 4 fully saturated rings. The van der Waals surface area contributed by atoms with Crippen molar-refractivity contribution >= 4 is 34.5 Å². The fourth-order valence-electron chi connectivity index (χ4n) is 9.91. The number of alkyl halides is 1. The Balaban J connectivity index is 0.000000220. The van der Waals surface area contributed by atoms with Crippen molar-refractivity contribution in [3.63, 3.8) is 0 Å². The van der Waals surface area contributed by atoms with Crippen LogP contribution in [0.15, 0.2) is 57.4 Å². The fourth-order valence-corrected chi connectivity index (χ4v) is 10.6. The summed E-state index contributed by atoms with van der Waals surface area (Å²) in [5.74, 6) is 3.43. The molecule has 2 heterocycles. The molecule has 2 aromatic carbocycles. The van der Waals surface area contributed by atoms with Gasteiger partial charge in [0.2, 0.25) is 11.8 Å². The van der Waals surface area contributed by atoms with Crippen LogP contribution in [0.4, 0.5) is 0 Å². The van der Waals surface area contributed by atoms with E-state index in [1.165, 1.54) is 11.1 Å². The van der Waals surface area contributed by atoms with Gasteiger partial charge in [-0.3, -0.25) is 0 Å². The fraction of sp³-hybridized carbons (Fsp3) is 0.661.